The first-order valence-corrected chi connectivity index (χ1v) is 5.30. The number of benzene rings is 1. The molecule has 1 N–H and O–H groups in total. The second-order valence-electron chi connectivity index (χ2n) is 3.81. The first kappa shape index (κ1) is 12.6. The predicted molar refractivity (Wildman–Crippen MR) is 59.1 cm³/mol. The van der Waals surface area contributed by atoms with Gasteiger partial charge in [0, 0.05) is 17.7 Å². The van der Waals surface area contributed by atoms with Gasteiger partial charge in [-0.05, 0) is 18.6 Å². The van der Waals surface area contributed by atoms with E-state index in [0.717, 1.165) is 25.0 Å². The van der Waals surface area contributed by atoms with Gasteiger partial charge in [-0.2, -0.15) is 0 Å². The molecule has 0 aliphatic carbocycles. The van der Waals surface area contributed by atoms with Gasteiger partial charge in [0.25, 0.3) is 0 Å². The Morgan fingerprint density at radius 1 is 1.38 bits per heavy atom. The summed E-state index contributed by atoms with van der Waals surface area (Å²) in [5.41, 5.74) is 0.284. The molecule has 0 heterocycles. The normalized spacial score (nSPS) is 12.2. The van der Waals surface area contributed by atoms with Crippen molar-refractivity contribution in [2.24, 2.45) is 5.92 Å². The van der Waals surface area contributed by atoms with Gasteiger partial charge in [0.05, 0.1) is 0 Å². The Morgan fingerprint density at radius 2 is 2.06 bits per heavy atom. The molecule has 0 fully saturated rings. The van der Waals surface area contributed by atoms with Gasteiger partial charge in [0.1, 0.15) is 0 Å². The highest BCUT2D eigenvalue weighted by Gasteiger charge is 2.12. The fraction of sp³-hybridized carbons (Fsp3) is 0.417. The van der Waals surface area contributed by atoms with Gasteiger partial charge in [-0.1, -0.05) is 20.3 Å². The van der Waals surface area contributed by atoms with E-state index in [4.69, 9.17) is 0 Å². The van der Waals surface area contributed by atoms with Gasteiger partial charge in [-0.3, -0.25) is 4.79 Å². The maximum Gasteiger partial charge on any atom is 0.227 e. The standard InChI is InChI=1S/C12H15F2NO/c1-3-4-8(2)12(16)15-9-5-6-10(13)11(14)7-9/h5-8H,3-4H2,1-2H3,(H,15,16)/t8-/m1/s1. The summed E-state index contributed by atoms with van der Waals surface area (Å²) >= 11 is 0. The summed E-state index contributed by atoms with van der Waals surface area (Å²) in [6.45, 7) is 3.79. The first-order chi connectivity index (χ1) is 7.54. The van der Waals surface area contributed by atoms with Crippen LogP contribution in [-0.2, 0) is 4.79 Å². The Balaban J connectivity index is 2.66. The van der Waals surface area contributed by atoms with Crippen molar-refractivity contribution in [2.45, 2.75) is 26.7 Å². The van der Waals surface area contributed by atoms with Crippen LogP contribution in [0.1, 0.15) is 26.7 Å². The van der Waals surface area contributed by atoms with Crippen LogP contribution in [0.3, 0.4) is 0 Å². The minimum atomic E-state index is -0.957. The third-order valence-corrected chi connectivity index (χ3v) is 2.36. The molecule has 16 heavy (non-hydrogen) atoms. The molecule has 0 aromatic heterocycles. The Kier molecular flexibility index (Phi) is 4.40. The smallest absolute Gasteiger partial charge is 0.227 e. The van der Waals surface area contributed by atoms with Gasteiger partial charge < -0.3 is 5.32 Å². The number of halogens is 2. The van der Waals surface area contributed by atoms with Gasteiger partial charge >= 0.3 is 0 Å². The number of amides is 1. The van der Waals surface area contributed by atoms with E-state index in [9.17, 15) is 13.6 Å². The summed E-state index contributed by atoms with van der Waals surface area (Å²) in [6, 6.07) is 3.32. The van der Waals surface area contributed by atoms with Crippen LogP contribution >= 0.6 is 0 Å². The Labute approximate surface area is 93.7 Å². The van der Waals surface area contributed by atoms with Crippen LogP contribution in [0.5, 0.6) is 0 Å². The molecule has 0 saturated heterocycles. The lowest BCUT2D eigenvalue weighted by atomic mass is 10.1. The fourth-order valence-electron chi connectivity index (χ4n) is 1.40. The maximum absolute atomic E-state index is 12.9. The number of carbonyl (C=O) groups is 1. The number of carbonyl (C=O) groups excluding carboxylic acids is 1. The van der Waals surface area contributed by atoms with Crippen molar-refractivity contribution in [1.82, 2.24) is 0 Å². The Bertz CT molecular complexity index is 379. The summed E-state index contributed by atoms with van der Waals surface area (Å²) in [5.74, 6) is -2.17. The SMILES string of the molecule is CCC[C@@H](C)C(=O)Nc1ccc(F)c(F)c1. The molecule has 0 aliphatic heterocycles. The molecule has 1 atom stereocenters. The largest absolute Gasteiger partial charge is 0.326 e. The minimum absolute atomic E-state index is 0.127. The van der Waals surface area contributed by atoms with E-state index in [1.54, 1.807) is 6.92 Å². The summed E-state index contributed by atoms with van der Waals surface area (Å²) in [7, 11) is 0. The van der Waals surface area contributed by atoms with E-state index in [2.05, 4.69) is 5.32 Å². The van der Waals surface area contributed by atoms with E-state index in [1.165, 1.54) is 6.07 Å². The average Bonchev–Trinajstić information content (AvgIpc) is 2.24. The van der Waals surface area contributed by atoms with Gasteiger partial charge in [0.15, 0.2) is 11.6 Å². The van der Waals surface area contributed by atoms with E-state index in [0.29, 0.717) is 0 Å². The molecule has 1 aromatic rings. The Hall–Kier alpha value is -1.45. The second-order valence-corrected chi connectivity index (χ2v) is 3.81. The molecule has 0 unspecified atom stereocenters. The molecule has 0 spiro atoms. The monoisotopic (exact) mass is 227 g/mol. The van der Waals surface area contributed by atoms with Crippen molar-refractivity contribution in [2.75, 3.05) is 5.32 Å². The van der Waals surface area contributed by atoms with Gasteiger partial charge in [-0.15, -0.1) is 0 Å². The van der Waals surface area contributed by atoms with E-state index >= 15 is 0 Å². The third-order valence-electron chi connectivity index (χ3n) is 2.36. The fourth-order valence-corrected chi connectivity index (χ4v) is 1.40. The average molecular weight is 227 g/mol. The second kappa shape index (κ2) is 5.58. The van der Waals surface area contributed by atoms with Crippen molar-refractivity contribution in [3.8, 4) is 0 Å². The summed E-state index contributed by atoms with van der Waals surface area (Å²) in [4.78, 5) is 11.6. The third kappa shape index (κ3) is 3.29. The highest BCUT2D eigenvalue weighted by molar-refractivity contribution is 5.92. The molecule has 2 nitrogen and oxygen atoms in total. The van der Waals surface area contributed by atoms with Gasteiger partial charge in [-0.25, -0.2) is 8.78 Å². The number of hydrogen-bond acceptors (Lipinski definition) is 1. The molecule has 1 amide bonds. The van der Waals surface area contributed by atoms with Crippen LogP contribution in [0.25, 0.3) is 0 Å². The van der Waals surface area contributed by atoms with Crippen LogP contribution in [0.4, 0.5) is 14.5 Å². The molecule has 88 valence electrons. The molecular formula is C12H15F2NO. The zero-order valence-corrected chi connectivity index (χ0v) is 9.39. The summed E-state index contributed by atoms with van der Waals surface area (Å²) in [6.07, 6.45) is 1.68. The molecule has 0 radical (unpaired) electrons. The lowest BCUT2D eigenvalue weighted by Gasteiger charge is -2.11. The van der Waals surface area contributed by atoms with Crippen LogP contribution in [0.15, 0.2) is 18.2 Å². The number of anilines is 1. The van der Waals surface area contributed by atoms with Crippen LogP contribution in [-0.4, -0.2) is 5.91 Å². The van der Waals surface area contributed by atoms with Crippen molar-refractivity contribution in [3.05, 3.63) is 29.8 Å². The van der Waals surface area contributed by atoms with Crippen LogP contribution in [0, 0.1) is 17.6 Å². The van der Waals surface area contributed by atoms with E-state index in [1.807, 2.05) is 6.92 Å². The van der Waals surface area contributed by atoms with Crippen molar-refractivity contribution in [3.63, 3.8) is 0 Å². The Morgan fingerprint density at radius 3 is 2.62 bits per heavy atom. The molecule has 0 bridgehead atoms. The number of hydrogen-bond donors (Lipinski definition) is 1. The van der Waals surface area contributed by atoms with E-state index in [-0.39, 0.29) is 17.5 Å². The molecule has 4 heteroatoms. The summed E-state index contributed by atoms with van der Waals surface area (Å²) in [5, 5.41) is 2.55. The lowest BCUT2D eigenvalue weighted by Crippen LogP contribution is -2.20. The maximum atomic E-state index is 12.9. The zero-order chi connectivity index (χ0) is 12.1. The van der Waals surface area contributed by atoms with Crippen LogP contribution < -0.4 is 5.32 Å². The highest BCUT2D eigenvalue weighted by atomic mass is 19.2. The van der Waals surface area contributed by atoms with Crippen molar-refractivity contribution >= 4 is 11.6 Å². The van der Waals surface area contributed by atoms with Gasteiger partial charge in [0.2, 0.25) is 5.91 Å². The summed E-state index contributed by atoms with van der Waals surface area (Å²) < 4.78 is 25.5. The number of rotatable bonds is 4. The highest BCUT2D eigenvalue weighted by Crippen LogP contribution is 2.15. The first-order valence-electron chi connectivity index (χ1n) is 5.30. The van der Waals surface area contributed by atoms with Crippen molar-refractivity contribution in [1.29, 1.82) is 0 Å². The van der Waals surface area contributed by atoms with E-state index < -0.39 is 11.6 Å². The zero-order valence-electron chi connectivity index (χ0n) is 9.39. The molecule has 1 rings (SSSR count). The molecular weight excluding hydrogens is 212 g/mol. The topological polar surface area (TPSA) is 29.1 Å². The molecule has 0 aliphatic rings. The van der Waals surface area contributed by atoms with Crippen LogP contribution in [0.2, 0.25) is 0 Å². The molecule has 0 saturated carbocycles. The quantitative estimate of drug-likeness (QED) is 0.839. The lowest BCUT2D eigenvalue weighted by molar-refractivity contribution is -0.119. The number of nitrogens with one attached hydrogen (secondary N) is 1. The minimum Gasteiger partial charge on any atom is -0.326 e. The predicted octanol–water partition coefficient (Wildman–Crippen LogP) is 3.34. The molecule has 1 aromatic carbocycles. The van der Waals surface area contributed by atoms with Crippen molar-refractivity contribution < 1.29 is 13.6 Å².